The lowest BCUT2D eigenvalue weighted by Gasteiger charge is -2.37. The molecule has 1 fully saturated rings. The Morgan fingerprint density at radius 3 is 2.35 bits per heavy atom. The molecule has 0 aliphatic heterocycles. The summed E-state index contributed by atoms with van der Waals surface area (Å²) in [5.41, 5.74) is 1.89. The number of carbonyl (C=O) groups excluding carboxylic acids is 2. The molecule has 1 aromatic heterocycles. The Hall–Kier alpha value is -3.67. The van der Waals surface area contributed by atoms with Crippen LogP contribution in [0, 0.1) is 0 Å². The number of nitrogens with one attached hydrogen (secondary N) is 2. The fourth-order valence-corrected chi connectivity index (χ4v) is 3.93. The van der Waals surface area contributed by atoms with E-state index in [2.05, 4.69) is 22.4 Å². The van der Waals surface area contributed by atoms with Gasteiger partial charge < -0.3 is 15.2 Å². The zero-order chi connectivity index (χ0) is 21.8. The van der Waals surface area contributed by atoms with E-state index in [0.29, 0.717) is 6.54 Å². The monoisotopic (exact) mass is 415 g/mol. The Labute approximate surface area is 180 Å². The van der Waals surface area contributed by atoms with Crippen LogP contribution >= 0.6 is 0 Å². The molecule has 6 nitrogen and oxygen atoms in total. The topological polar surface area (TPSA) is 82.3 Å². The number of hydrogen-bond acceptors (Lipinski definition) is 3. The molecule has 2 amide bonds. The van der Waals surface area contributed by atoms with Crippen molar-refractivity contribution in [2.45, 2.75) is 31.3 Å². The predicted molar refractivity (Wildman–Crippen MR) is 119 cm³/mol. The molecule has 158 valence electrons. The molecule has 3 aromatic rings. The van der Waals surface area contributed by atoms with E-state index in [1.165, 1.54) is 22.7 Å². The lowest BCUT2D eigenvalue weighted by molar-refractivity contribution is 0.0783. The summed E-state index contributed by atoms with van der Waals surface area (Å²) < 4.78 is 0. The molecule has 0 saturated heterocycles. The van der Waals surface area contributed by atoms with Gasteiger partial charge in [0.05, 0.1) is 5.56 Å². The summed E-state index contributed by atoms with van der Waals surface area (Å²) in [7, 11) is 1.64. The van der Waals surface area contributed by atoms with Gasteiger partial charge in [0, 0.05) is 31.7 Å². The zero-order valence-corrected chi connectivity index (χ0v) is 17.4. The Morgan fingerprint density at radius 1 is 1.03 bits per heavy atom. The van der Waals surface area contributed by atoms with Crippen molar-refractivity contribution in [3.63, 3.8) is 0 Å². The normalized spacial score (nSPS) is 17.5. The minimum absolute atomic E-state index is 0.0423. The fraction of sp³-hybridized carbons (Fsp3) is 0.240. The van der Waals surface area contributed by atoms with Crippen LogP contribution in [0.5, 0.6) is 0 Å². The van der Waals surface area contributed by atoms with E-state index in [-0.39, 0.29) is 29.0 Å². The van der Waals surface area contributed by atoms with Crippen LogP contribution in [-0.2, 0) is 6.54 Å². The molecule has 0 radical (unpaired) electrons. The first-order valence-corrected chi connectivity index (χ1v) is 10.4. The number of benzene rings is 2. The summed E-state index contributed by atoms with van der Waals surface area (Å²) >= 11 is 0. The average molecular weight is 415 g/mol. The molecular weight excluding hydrogens is 390 g/mol. The van der Waals surface area contributed by atoms with Crippen LogP contribution in [0.1, 0.15) is 50.6 Å². The first kappa shape index (κ1) is 20.6. The standard InChI is InChI=1S/C25H25N3O3/c1-28(16-17-8-4-2-5-9-17)25(31)21-14-19(15-26-24(21)30)23(29)27-22-13-12-20(22)18-10-6-3-7-11-18/h2-11,14-15,20,22H,12-13,16H2,1H3,(H,26,30)(H,27,29). The molecule has 0 spiro atoms. The lowest BCUT2D eigenvalue weighted by atomic mass is 9.75. The van der Waals surface area contributed by atoms with Crippen LogP contribution in [-0.4, -0.2) is 34.8 Å². The Kier molecular flexibility index (Phi) is 5.98. The van der Waals surface area contributed by atoms with Gasteiger partial charge in [-0.3, -0.25) is 14.4 Å². The highest BCUT2D eigenvalue weighted by Gasteiger charge is 2.33. The maximum absolute atomic E-state index is 12.8. The molecule has 31 heavy (non-hydrogen) atoms. The smallest absolute Gasteiger partial charge is 0.260 e. The number of aromatic amines is 1. The zero-order valence-electron chi connectivity index (χ0n) is 17.4. The summed E-state index contributed by atoms with van der Waals surface area (Å²) in [5.74, 6) is -0.432. The van der Waals surface area contributed by atoms with E-state index in [1.807, 2.05) is 48.5 Å². The first-order chi connectivity index (χ1) is 15.0. The highest BCUT2D eigenvalue weighted by Crippen LogP contribution is 2.36. The Bertz CT molecular complexity index is 1130. The molecule has 2 atom stereocenters. The van der Waals surface area contributed by atoms with Crippen LogP contribution < -0.4 is 10.9 Å². The first-order valence-electron chi connectivity index (χ1n) is 10.4. The number of pyridine rings is 1. The number of carbonyl (C=O) groups is 2. The van der Waals surface area contributed by atoms with E-state index in [4.69, 9.17) is 0 Å². The molecule has 6 heteroatoms. The number of amides is 2. The van der Waals surface area contributed by atoms with Gasteiger partial charge in [-0.05, 0) is 30.0 Å². The van der Waals surface area contributed by atoms with E-state index < -0.39 is 11.5 Å². The SMILES string of the molecule is CN(Cc1ccccc1)C(=O)c1cc(C(=O)NC2CCC2c2ccccc2)c[nH]c1=O. The Balaban J connectivity index is 1.46. The summed E-state index contributed by atoms with van der Waals surface area (Å²) in [5, 5.41) is 3.05. The van der Waals surface area contributed by atoms with E-state index >= 15 is 0 Å². The van der Waals surface area contributed by atoms with Crippen LogP contribution in [0.4, 0.5) is 0 Å². The van der Waals surface area contributed by atoms with Crippen molar-refractivity contribution in [3.05, 3.63) is 106 Å². The number of rotatable bonds is 6. The lowest BCUT2D eigenvalue weighted by Crippen LogP contribution is -2.45. The van der Waals surface area contributed by atoms with Crippen molar-refractivity contribution >= 4 is 11.8 Å². The van der Waals surface area contributed by atoms with Crippen LogP contribution in [0.25, 0.3) is 0 Å². The van der Waals surface area contributed by atoms with E-state index in [0.717, 1.165) is 18.4 Å². The quantitative estimate of drug-likeness (QED) is 0.648. The van der Waals surface area contributed by atoms with Gasteiger partial charge in [-0.2, -0.15) is 0 Å². The maximum atomic E-state index is 12.8. The van der Waals surface area contributed by atoms with Crippen molar-refractivity contribution in [1.82, 2.24) is 15.2 Å². The van der Waals surface area contributed by atoms with Gasteiger partial charge in [0.1, 0.15) is 5.56 Å². The van der Waals surface area contributed by atoms with Crippen molar-refractivity contribution in [2.75, 3.05) is 7.05 Å². The van der Waals surface area contributed by atoms with Crippen molar-refractivity contribution < 1.29 is 9.59 Å². The predicted octanol–water partition coefficient (Wildman–Crippen LogP) is 3.32. The largest absolute Gasteiger partial charge is 0.349 e. The third-order valence-electron chi connectivity index (χ3n) is 5.82. The van der Waals surface area contributed by atoms with Gasteiger partial charge >= 0.3 is 0 Å². The third kappa shape index (κ3) is 4.58. The summed E-state index contributed by atoms with van der Waals surface area (Å²) in [6.07, 6.45) is 3.29. The number of H-pyrrole nitrogens is 1. The van der Waals surface area contributed by atoms with Gasteiger partial charge in [0.2, 0.25) is 0 Å². The van der Waals surface area contributed by atoms with Crippen LogP contribution in [0.15, 0.2) is 77.7 Å². The minimum Gasteiger partial charge on any atom is -0.349 e. The van der Waals surface area contributed by atoms with Gasteiger partial charge in [-0.1, -0.05) is 60.7 Å². The second-order valence-corrected chi connectivity index (χ2v) is 7.95. The highest BCUT2D eigenvalue weighted by molar-refractivity contribution is 5.99. The van der Waals surface area contributed by atoms with Crippen molar-refractivity contribution in [3.8, 4) is 0 Å². The maximum Gasteiger partial charge on any atom is 0.260 e. The van der Waals surface area contributed by atoms with Crippen molar-refractivity contribution in [2.24, 2.45) is 0 Å². The molecule has 0 bridgehead atoms. The van der Waals surface area contributed by atoms with E-state index in [1.54, 1.807) is 7.05 Å². The molecule has 2 aromatic carbocycles. The van der Waals surface area contributed by atoms with Crippen molar-refractivity contribution in [1.29, 1.82) is 0 Å². The van der Waals surface area contributed by atoms with Gasteiger partial charge in [0.15, 0.2) is 0 Å². The molecular formula is C25H25N3O3. The fourth-order valence-electron chi connectivity index (χ4n) is 3.93. The highest BCUT2D eigenvalue weighted by atomic mass is 16.2. The third-order valence-corrected chi connectivity index (χ3v) is 5.82. The average Bonchev–Trinajstić information content (AvgIpc) is 2.78. The van der Waals surface area contributed by atoms with Crippen LogP contribution in [0.3, 0.4) is 0 Å². The summed E-state index contributed by atoms with van der Waals surface area (Å²) in [4.78, 5) is 42.0. The molecule has 4 rings (SSSR count). The number of hydrogen-bond donors (Lipinski definition) is 2. The number of aromatic nitrogens is 1. The van der Waals surface area contributed by atoms with Gasteiger partial charge in [0.25, 0.3) is 17.4 Å². The molecule has 2 N–H and O–H groups in total. The molecule has 2 unspecified atom stereocenters. The minimum atomic E-state index is -0.507. The Morgan fingerprint density at radius 2 is 1.71 bits per heavy atom. The molecule has 1 heterocycles. The second kappa shape index (κ2) is 9.00. The van der Waals surface area contributed by atoms with Gasteiger partial charge in [-0.25, -0.2) is 0 Å². The number of nitrogens with zero attached hydrogens (tertiary/aromatic N) is 1. The second-order valence-electron chi connectivity index (χ2n) is 7.95. The molecule has 1 saturated carbocycles. The molecule has 1 aliphatic rings. The van der Waals surface area contributed by atoms with E-state index in [9.17, 15) is 14.4 Å². The van der Waals surface area contributed by atoms with Gasteiger partial charge in [-0.15, -0.1) is 0 Å². The molecule has 1 aliphatic carbocycles. The summed E-state index contributed by atoms with van der Waals surface area (Å²) in [6.45, 7) is 0.371. The summed E-state index contributed by atoms with van der Waals surface area (Å²) in [6, 6.07) is 21.1. The van der Waals surface area contributed by atoms with Crippen LogP contribution in [0.2, 0.25) is 0 Å².